The van der Waals surface area contributed by atoms with Crippen LogP contribution in [0.1, 0.15) is 15.9 Å². The van der Waals surface area contributed by atoms with Crippen molar-refractivity contribution in [2.75, 3.05) is 18.9 Å². The van der Waals surface area contributed by atoms with Gasteiger partial charge in [-0.2, -0.15) is 13.2 Å². The van der Waals surface area contributed by atoms with Crippen molar-refractivity contribution >= 4 is 40.2 Å². The van der Waals surface area contributed by atoms with Gasteiger partial charge in [-0.1, -0.05) is 48.5 Å². The second kappa shape index (κ2) is 8.66. The van der Waals surface area contributed by atoms with Gasteiger partial charge in [0.1, 0.15) is 6.54 Å². The number of hydrogen-bond acceptors (Lipinski definition) is 5. The maximum Gasteiger partial charge on any atom is 0.405 e. The molecule has 0 atom stereocenters. The van der Waals surface area contributed by atoms with Gasteiger partial charge in [0.25, 0.3) is 5.91 Å². The first-order valence-corrected chi connectivity index (χ1v) is 10.5. The molecule has 0 radical (unpaired) electrons. The zero-order valence-corrected chi connectivity index (χ0v) is 17.3. The van der Waals surface area contributed by atoms with Crippen molar-refractivity contribution in [1.29, 1.82) is 0 Å². The summed E-state index contributed by atoms with van der Waals surface area (Å²) in [5.41, 5.74) is 3.00. The molecule has 0 aromatic heterocycles. The summed E-state index contributed by atoms with van der Waals surface area (Å²) in [6.45, 7) is -2.27. The Morgan fingerprint density at radius 2 is 1.62 bits per heavy atom. The number of carbonyl (C=O) groups excluding carboxylic acids is 3. The van der Waals surface area contributed by atoms with E-state index in [1.54, 1.807) is 23.5 Å². The maximum absolute atomic E-state index is 12.9. The van der Waals surface area contributed by atoms with E-state index < -0.39 is 31.2 Å². The Hall–Kier alpha value is -3.33. The van der Waals surface area contributed by atoms with Gasteiger partial charge in [0, 0.05) is 21.4 Å². The van der Waals surface area contributed by atoms with Crippen LogP contribution >= 0.6 is 11.8 Å². The molecule has 0 bridgehead atoms. The number of halogens is 3. The van der Waals surface area contributed by atoms with Gasteiger partial charge in [-0.05, 0) is 22.6 Å². The summed E-state index contributed by atoms with van der Waals surface area (Å²) in [7, 11) is 0. The molecule has 1 aliphatic rings. The van der Waals surface area contributed by atoms with Crippen LogP contribution in [-0.4, -0.2) is 42.7 Å². The second-order valence-corrected chi connectivity index (χ2v) is 8.07. The Labute approximate surface area is 184 Å². The minimum Gasteiger partial charge on any atom is -0.455 e. The van der Waals surface area contributed by atoms with Gasteiger partial charge in [0.15, 0.2) is 12.4 Å². The molecule has 1 aliphatic carbocycles. The lowest BCUT2D eigenvalue weighted by molar-refractivity contribution is -0.149. The highest BCUT2D eigenvalue weighted by atomic mass is 32.2. The predicted octanol–water partition coefficient (Wildman–Crippen LogP) is 4.37. The van der Waals surface area contributed by atoms with Crippen LogP contribution in [-0.2, 0) is 14.3 Å². The third-order valence-electron chi connectivity index (χ3n) is 4.90. The first-order chi connectivity index (χ1) is 15.2. The Kier molecular flexibility index (Phi) is 5.92. The van der Waals surface area contributed by atoms with Crippen LogP contribution in [0.4, 0.5) is 13.2 Å². The molecule has 5 nitrogen and oxygen atoms in total. The zero-order chi connectivity index (χ0) is 22.9. The highest BCUT2D eigenvalue weighted by molar-refractivity contribution is 8.00. The fourth-order valence-corrected chi connectivity index (χ4v) is 4.40. The standard InChI is InChI=1S/C23H16F3NO4S/c24-23(25,26)12-27-19(28)10-31-20(29)11-32-18-9-8-14-13-4-1-2-5-15(13)22(30)17-7-3-6-16(18)21(14)17/h1-9H,10-12H2,(H,27,28). The molecule has 9 heteroatoms. The second-order valence-electron chi connectivity index (χ2n) is 7.06. The number of amides is 1. The van der Waals surface area contributed by atoms with Crippen LogP contribution in [0.2, 0.25) is 0 Å². The van der Waals surface area contributed by atoms with Crippen LogP contribution in [0.25, 0.3) is 21.9 Å². The molecule has 3 aromatic rings. The van der Waals surface area contributed by atoms with Gasteiger partial charge in [-0.15, -0.1) is 11.8 Å². The molecule has 32 heavy (non-hydrogen) atoms. The van der Waals surface area contributed by atoms with Gasteiger partial charge in [0.2, 0.25) is 0 Å². The molecule has 3 aromatic carbocycles. The molecule has 0 saturated heterocycles. The third kappa shape index (κ3) is 4.47. The number of carbonyl (C=O) groups is 3. The van der Waals surface area contributed by atoms with Crippen molar-refractivity contribution in [3.05, 3.63) is 65.7 Å². The van der Waals surface area contributed by atoms with E-state index in [9.17, 15) is 27.6 Å². The zero-order valence-electron chi connectivity index (χ0n) is 16.5. The monoisotopic (exact) mass is 459 g/mol. The van der Waals surface area contributed by atoms with Gasteiger partial charge in [-0.3, -0.25) is 14.4 Å². The van der Waals surface area contributed by atoms with E-state index in [2.05, 4.69) is 0 Å². The summed E-state index contributed by atoms with van der Waals surface area (Å²) in [5, 5.41) is 3.25. The van der Waals surface area contributed by atoms with Crippen LogP contribution in [0, 0.1) is 0 Å². The van der Waals surface area contributed by atoms with Gasteiger partial charge in [0.05, 0.1) is 5.75 Å². The number of nitrogens with one attached hydrogen (secondary N) is 1. The molecule has 1 amide bonds. The third-order valence-corrected chi connectivity index (χ3v) is 5.95. The number of fused-ring (bicyclic) bond motifs is 2. The first kappa shape index (κ1) is 21.9. The van der Waals surface area contributed by atoms with Gasteiger partial charge in [-0.25, -0.2) is 0 Å². The predicted molar refractivity (Wildman–Crippen MR) is 114 cm³/mol. The summed E-state index contributed by atoms with van der Waals surface area (Å²) in [6.07, 6.45) is -4.54. The van der Waals surface area contributed by atoms with Crippen molar-refractivity contribution in [1.82, 2.24) is 5.32 Å². The fraction of sp³-hybridized carbons (Fsp3) is 0.174. The van der Waals surface area contributed by atoms with Crippen molar-refractivity contribution in [3.8, 4) is 11.1 Å². The molecule has 0 aliphatic heterocycles. The molecular formula is C23H16F3NO4S. The van der Waals surface area contributed by atoms with E-state index in [1.807, 2.05) is 36.4 Å². The quantitative estimate of drug-likeness (QED) is 0.343. The first-order valence-electron chi connectivity index (χ1n) is 9.56. The number of hydrogen-bond donors (Lipinski definition) is 1. The molecule has 0 unspecified atom stereocenters. The topological polar surface area (TPSA) is 72.5 Å². The molecular weight excluding hydrogens is 443 g/mol. The van der Waals surface area contributed by atoms with Gasteiger partial charge >= 0.3 is 12.1 Å². The molecule has 0 spiro atoms. The minimum atomic E-state index is -4.54. The highest BCUT2D eigenvalue weighted by Gasteiger charge is 2.28. The number of benzene rings is 3. The molecule has 0 fully saturated rings. The molecule has 164 valence electrons. The largest absolute Gasteiger partial charge is 0.455 e. The summed E-state index contributed by atoms with van der Waals surface area (Å²) < 4.78 is 41.0. The smallest absolute Gasteiger partial charge is 0.405 e. The summed E-state index contributed by atoms with van der Waals surface area (Å²) in [5.74, 6) is -1.97. The fourth-order valence-electron chi connectivity index (χ4n) is 3.55. The Morgan fingerprint density at radius 3 is 2.38 bits per heavy atom. The van der Waals surface area contributed by atoms with Crippen molar-refractivity contribution in [2.24, 2.45) is 0 Å². The average Bonchev–Trinajstić information content (AvgIpc) is 2.78. The Morgan fingerprint density at radius 1 is 0.906 bits per heavy atom. The van der Waals surface area contributed by atoms with Crippen molar-refractivity contribution < 1.29 is 32.3 Å². The van der Waals surface area contributed by atoms with E-state index in [4.69, 9.17) is 4.74 Å². The maximum atomic E-state index is 12.9. The Balaban J connectivity index is 1.48. The summed E-state index contributed by atoms with van der Waals surface area (Å²) in [6, 6.07) is 16.5. The van der Waals surface area contributed by atoms with Crippen molar-refractivity contribution in [2.45, 2.75) is 11.1 Å². The van der Waals surface area contributed by atoms with Crippen LogP contribution < -0.4 is 5.32 Å². The molecule has 0 heterocycles. The van der Waals surface area contributed by atoms with E-state index in [0.717, 1.165) is 38.6 Å². The lowest BCUT2D eigenvalue weighted by Gasteiger charge is -2.21. The molecule has 1 N–H and O–H groups in total. The number of alkyl halides is 3. The number of ether oxygens (including phenoxy) is 1. The summed E-state index contributed by atoms with van der Waals surface area (Å²) in [4.78, 5) is 37.0. The SMILES string of the molecule is O=C(COC(=O)CSc1ccc2c3c(cccc13)C(=O)c1ccccc1-2)NCC(F)(F)F. The molecule has 0 saturated carbocycles. The van der Waals surface area contributed by atoms with Gasteiger partial charge < -0.3 is 10.1 Å². The van der Waals surface area contributed by atoms with Crippen molar-refractivity contribution in [3.63, 3.8) is 0 Å². The van der Waals surface area contributed by atoms with E-state index in [1.165, 1.54) is 0 Å². The lowest BCUT2D eigenvalue weighted by Crippen LogP contribution is -2.36. The van der Waals surface area contributed by atoms with E-state index in [0.29, 0.717) is 11.1 Å². The number of esters is 1. The average molecular weight is 459 g/mol. The van der Waals surface area contributed by atoms with Crippen LogP contribution in [0.5, 0.6) is 0 Å². The number of ketones is 1. The van der Waals surface area contributed by atoms with Crippen LogP contribution in [0.15, 0.2) is 59.5 Å². The normalized spacial score (nSPS) is 12.4. The van der Waals surface area contributed by atoms with E-state index in [-0.39, 0.29) is 11.5 Å². The van der Waals surface area contributed by atoms with E-state index >= 15 is 0 Å². The summed E-state index contributed by atoms with van der Waals surface area (Å²) >= 11 is 1.16. The highest BCUT2D eigenvalue weighted by Crippen LogP contribution is 2.42. The van der Waals surface area contributed by atoms with Crippen LogP contribution in [0.3, 0.4) is 0 Å². The number of thioether (sulfide) groups is 1. The lowest BCUT2D eigenvalue weighted by atomic mass is 9.83. The minimum absolute atomic E-state index is 0.0647. The number of rotatable bonds is 6. The molecule has 4 rings (SSSR count). The Bertz CT molecular complexity index is 1240.